The Morgan fingerprint density at radius 3 is 2.00 bits per heavy atom. The predicted molar refractivity (Wildman–Crippen MR) is 56.4 cm³/mol. The third-order valence-corrected chi connectivity index (χ3v) is 5.40. The maximum absolute atomic E-state index is 6.56. The molecule has 0 aromatic rings. The van der Waals surface area contributed by atoms with Crippen LogP contribution in [0.3, 0.4) is 0 Å². The van der Waals surface area contributed by atoms with E-state index in [-0.39, 0.29) is 5.54 Å². The molecule has 76 valence electrons. The molecule has 0 heterocycles. The molecule has 0 unspecified atom stereocenters. The van der Waals surface area contributed by atoms with E-state index >= 15 is 0 Å². The maximum Gasteiger partial charge on any atom is 0.0213 e. The van der Waals surface area contributed by atoms with E-state index in [1.807, 2.05) is 0 Å². The molecule has 0 aromatic heterocycles. The van der Waals surface area contributed by atoms with Gasteiger partial charge in [0.1, 0.15) is 0 Å². The Hall–Kier alpha value is -0.0400. The highest BCUT2D eigenvalue weighted by Gasteiger charge is 2.61. The molecule has 1 nitrogen and oxygen atoms in total. The van der Waals surface area contributed by atoms with Crippen molar-refractivity contribution in [1.82, 2.24) is 0 Å². The van der Waals surface area contributed by atoms with Crippen LogP contribution in [-0.4, -0.2) is 5.54 Å². The first-order chi connectivity index (χ1) is 6.08. The number of fused-ring (bicyclic) bond motifs is 2. The van der Waals surface area contributed by atoms with E-state index in [4.69, 9.17) is 5.73 Å². The first-order valence-corrected chi connectivity index (χ1v) is 5.87. The van der Waals surface area contributed by atoms with Crippen molar-refractivity contribution in [3.05, 3.63) is 0 Å². The lowest BCUT2D eigenvalue weighted by atomic mass is 9.59. The minimum Gasteiger partial charge on any atom is -0.325 e. The van der Waals surface area contributed by atoms with Crippen LogP contribution in [0.5, 0.6) is 0 Å². The summed E-state index contributed by atoms with van der Waals surface area (Å²) < 4.78 is 0. The highest BCUT2D eigenvalue weighted by molar-refractivity contribution is 5.15. The molecule has 2 bridgehead atoms. The van der Waals surface area contributed by atoms with Gasteiger partial charge in [-0.05, 0) is 56.3 Å². The second-order valence-corrected chi connectivity index (χ2v) is 5.35. The standard InChI is InChI=1S/C12H23N/c1-4-12(5-2)10-7-6-9(8-10)11(12,3)13/h9-10H,4-8,13H2,1-3H3/t9-,10+,11+/m1/s1. The Bertz CT molecular complexity index is 203. The van der Waals surface area contributed by atoms with E-state index in [0.29, 0.717) is 5.41 Å². The van der Waals surface area contributed by atoms with E-state index in [1.54, 1.807) is 0 Å². The summed E-state index contributed by atoms with van der Waals surface area (Å²) in [6.07, 6.45) is 6.79. The van der Waals surface area contributed by atoms with Gasteiger partial charge in [-0.15, -0.1) is 0 Å². The average molecular weight is 181 g/mol. The van der Waals surface area contributed by atoms with Gasteiger partial charge in [-0.2, -0.15) is 0 Å². The van der Waals surface area contributed by atoms with Gasteiger partial charge >= 0.3 is 0 Å². The lowest BCUT2D eigenvalue weighted by Gasteiger charge is -2.49. The first kappa shape index (κ1) is 9.51. The van der Waals surface area contributed by atoms with Gasteiger partial charge in [0.25, 0.3) is 0 Å². The van der Waals surface area contributed by atoms with E-state index in [0.717, 1.165) is 11.8 Å². The van der Waals surface area contributed by atoms with Gasteiger partial charge in [0, 0.05) is 5.54 Å². The van der Waals surface area contributed by atoms with Crippen LogP contribution >= 0.6 is 0 Å². The summed E-state index contributed by atoms with van der Waals surface area (Å²) in [5, 5.41) is 0. The molecule has 0 aromatic carbocycles. The van der Waals surface area contributed by atoms with Crippen molar-refractivity contribution in [1.29, 1.82) is 0 Å². The number of hydrogen-bond donors (Lipinski definition) is 1. The van der Waals surface area contributed by atoms with Crippen molar-refractivity contribution in [3.8, 4) is 0 Å². The summed E-state index contributed by atoms with van der Waals surface area (Å²) in [4.78, 5) is 0. The fourth-order valence-corrected chi connectivity index (χ4v) is 4.46. The normalized spacial score (nSPS) is 47.1. The topological polar surface area (TPSA) is 26.0 Å². The summed E-state index contributed by atoms with van der Waals surface area (Å²) in [6, 6.07) is 0. The molecule has 1 heteroatoms. The molecule has 2 rings (SSSR count). The zero-order valence-corrected chi connectivity index (χ0v) is 9.27. The van der Waals surface area contributed by atoms with Crippen molar-refractivity contribution in [2.24, 2.45) is 23.0 Å². The molecule has 0 saturated heterocycles. The molecule has 3 atom stereocenters. The molecule has 0 aliphatic heterocycles. The van der Waals surface area contributed by atoms with Crippen LogP contribution in [0, 0.1) is 17.3 Å². The molecule has 13 heavy (non-hydrogen) atoms. The Kier molecular flexibility index (Phi) is 1.99. The van der Waals surface area contributed by atoms with Crippen molar-refractivity contribution in [3.63, 3.8) is 0 Å². The van der Waals surface area contributed by atoms with Crippen LogP contribution in [0.4, 0.5) is 0 Å². The molecule has 2 aliphatic rings. The van der Waals surface area contributed by atoms with Crippen LogP contribution in [0.2, 0.25) is 0 Å². The van der Waals surface area contributed by atoms with Crippen molar-refractivity contribution < 1.29 is 0 Å². The van der Waals surface area contributed by atoms with Crippen molar-refractivity contribution in [2.45, 2.75) is 58.4 Å². The molecule has 2 aliphatic carbocycles. The SMILES string of the molecule is CCC1(CC)[C@H]2CC[C@H](C2)[C@]1(C)N. The van der Waals surface area contributed by atoms with Crippen LogP contribution in [-0.2, 0) is 0 Å². The molecule has 0 amide bonds. The summed E-state index contributed by atoms with van der Waals surface area (Å²) >= 11 is 0. The van der Waals surface area contributed by atoms with Gasteiger partial charge in [0.15, 0.2) is 0 Å². The molecule has 2 fully saturated rings. The number of hydrogen-bond acceptors (Lipinski definition) is 1. The first-order valence-electron chi connectivity index (χ1n) is 5.87. The smallest absolute Gasteiger partial charge is 0.0213 e. The van der Waals surface area contributed by atoms with Crippen LogP contribution in [0.15, 0.2) is 0 Å². The lowest BCUT2D eigenvalue weighted by Crippen LogP contribution is -2.56. The van der Waals surface area contributed by atoms with Crippen molar-refractivity contribution in [2.75, 3.05) is 0 Å². The molecular weight excluding hydrogens is 158 g/mol. The van der Waals surface area contributed by atoms with Crippen LogP contribution in [0.1, 0.15) is 52.9 Å². The quantitative estimate of drug-likeness (QED) is 0.696. The highest BCUT2D eigenvalue weighted by Crippen LogP contribution is 2.63. The van der Waals surface area contributed by atoms with E-state index in [2.05, 4.69) is 20.8 Å². The summed E-state index contributed by atoms with van der Waals surface area (Å²) in [5.74, 6) is 1.75. The summed E-state index contributed by atoms with van der Waals surface area (Å²) in [5.41, 5.74) is 7.16. The van der Waals surface area contributed by atoms with E-state index in [9.17, 15) is 0 Å². The zero-order valence-electron chi connectivity index (χ0n) is 9.27. The largest absolute Gasteiger partial charge is 0.325 e. The van der Waals surface area contributed by atoms with Gasteiger partial charge in [-0.25, -0.2) is 0 Å². The number of rotatable bonds is 2. The van der Waals surface area contributed by atoms with Crippen molar-refractivity contribution >= 4 is 0 Å². The molecule has 0 spiro atoms. The Labute approximate surface area is 82.1 Å². The van der Waals surface area contributed by atoms with E-state index < -0.39 is 0 Å². The zero-order chi connectivity index (χ0) is 9.69. The predicted octanol–water partition coefficient (Wildman–Crippen LogP) is 2.94. The second-order valence-electron chi connectivity index (χ2n) is 5.35. The monoisotopic (exact) mass is 181 g/mol. The fraction of sp³-hybridized carbons (Fsp3) is 1.00. The summed E-state index contributed by atoms with van der Waals surface area (Å²) in [6.45, 7) is 6.97. The molecular formula is C12H23N. The Morgan fingerprint density at radius 2 is 1.69 bits per heavy atom. The summed E-state index contributed by atoms with van der Waals surface area (Å²) in [7, 11) is 0. The second kappa shape index (κ2) is 2.73. The van der Waals surface area contributed by atoms with Gasteiger partial charge in [-0.1, -0.05) is 13.8 Å². The van der Waals surface area contributed by atoms with Gasteiger partial charge in [0.2, 0.25) is 0 Å². The minimum atomic E-state index is 0.124. The van der Waals surface area contributed by atoms with Crippen LogP contribution in [0.25, 0.3) is 0 Å². The molecule has 2 N–H and O–H groups in total. The highest BCUT2D eigenvalue weighted by atomic mass is 14.9. The average Bonchev–Trinajstić information content (AvgIpc) is 2.62. The molecule has 2 saturated carbocycles. The minimum absolute atomic E-state index is 0.124. The van der Waals surface area contributed by atoms with Gasteiger partial charge < -0.3 is 5.73 Å². The third-order valence-electron chi connectivity index (χ3n) is 5.40. The Morgan fingerprint density at radius 1 is 1.15 bits per heavy atom. The van der Waals surface area contributed by atoms with Crippen LogP contribution < -0.4 is 5.73 Å². The lowest BCUT2D eigenvalue weighted by molar-refractivity contribution is 0.0512. The van der Waals surface area contributed by atoms with E-state index in [1.165, 1.54) is 32.1 Å². The molecule has 0 radical (unpaired) electrons. The third kappa shape index (κ3) is 0.918. The number of nitrogens with two attached hydrogens (primary N) is 1. The van der Waals surface area contributed by atoms with Gasteiger partial charge in [0.05, 0.1) is 0 Å². The fourth-order valence-electron chi connectivity index (χ4n) is 4.46. The Balaban J connectivity index is 2.36. The van der Waals surface area contributed by atoms with Gasteiger partial charge in [-0.3, -0.25) is 0 Å². The maximum atomic E-state index is 6.56.